The maximum Gasteiger partial charge on any atom is 0.137 e. The Morgan fingerprint density at radius 1 is 1.43 bits per heavy atom. The first-order chi connectivity index (χ1) is 10.1. The van der Waals surface area contributed by atoms with Crippen LogP contribution in [-0.4, -0.2) is 21.0 Å². The second kappa shape index (κ2) is 6.15. The maximum absolute atomic E-state index is 10.1. The summed E-state index contributed by atoms with van der Waals surface area (Å²) in [5.41, 5.74) is 3.21. The molecule has 0 radical (unpaired) electrons. The number of nitrogens with zero attached hydrogens (tertiary/aromatic N) is 2. The van der Waals surface area contributed by atoms with Gasteiger partial charge in [0.15, 0.2) is 0 Å². The molecule has 3 heterocycles. The van der Waals surface area contributed by atoms with Crippen LogP contribution < -0.4 is 5.32 Å². The lowest BCUT2D eigenvalue weighted by Crippen LogP contribution is -2.21. The highest BCUT2D eigenvalue weighted by molar-refractivity contribution is 7.16. The number of aliphatic hydroxyl groups is 1. The highest BCUT2D eigenvalue weighted by Gasteiger charge is 2.10. The molecule has 0 aliphatic rings. The van der Waals surface area contributed by atoms with E-state index < -0.39 is 6.10 Å². The smallest absolute Gasteiger partial charge is 0.137 e. The first-order valence-corrected chi connectivity index (χ1v) is 7.89. The topological polar surface area (TPSA) is 49.6 Å². The average molecular weight is 322 g/mol. The van der Waals surface area contributed by atoms with Gasteiger partial charge in [0, 0.05) is 24.2 Å². The number of hydrogen-bond donors (Lipinski definition) is 2. The number of thiophene rings is 1. The summed E-state index contributed by atoms with van der Waals surface area (Å²) >= 11 is 7.28. The average Bonchev–Trinajstić information content (AvgIpc) is 3.05. The molecule has 1 atom stereocenters. The number of aryl methyl sites for hydroxylation is 1. The number of aromatic nitrogens is 2. The molecule has 3 aromatic rings. The zero-order valence-corrected chi connectivity index (χ0v) is 13.2. The third kappa shape index (κ3) is 3.27. The van der Waals surface area contributed by atoms with Gasteiger partial charge < -0.3 is 14.8 Å². The van der Waals surface area contributed by atoms with Gasteiger partial charge in [-0.25, -0.2) is 4.98 Å². The predicted octanol–water partition coefficient (Wildman–Crippen LogP) is 3.18. The lowest BCUT2D eigenvalue weighted by atomic mass is 10.3. The molecule has 21 heavy (non-hydrogen) atoms. The predicted molar refractivity (Wildman–Crippen MR) is 85.9 cm³/mol. The highest BCUT2D eigenvalue weighted by Crippen LogP contribution is 2.26. The standard InChI is InChI=1S/C15H16ClN3OS/c1-10-4-5-19-11(8-18-15(19)6-10)7-17-9-12(20)13-2-3-14(16)21-13/h2-6,8,12,17,20H,7,9H2,1H3. The van der Waals surface area contributed by atoms with E-state index in [0.717, 1.165) is 16.2 Å². The fourth-order valence-electron chi connectivity index (χ4n) is 2.21. The molecule has 4 nitrogen and oxygen atoms in total. The zero-order valence-electron chi connectivity index (χ0n) is 11.6. The number of aliphatic hydroxyl groups excluding tert-OH is 1. The molecule has 3 aromatic heterocycles. The Kier molecular flexibility index (Phi) is 4.26. The molecule has 0 bridgehead atoms. The van der Waals surface area contributed by atoms with E-state index in [9.17, 15) is 5.11 Å². The van der Waals surface area contributed by atoms with Crippen molar-refractivity contribution in [1.29, 1.82) is 0 Å². The summed E-state index contributed by atoms with van der Waals surface area (Å²) in [5, 5.41) is 13.3. The summed E-state index contributed by atoms with van der Waals surface area (Å²) in [7, 11) is 0. The van der Waals surface area contributed by atoms with E-state index in [-0.39, 0.29) is 0 Å². The van der Waals surface area contributed by atoms with Crippen LogP contribution in [0.2, 0.25) is 4.34 Å². The van der Waals surface area contributed by atoms with Gasteiger partial charge in [-0.05, 0) is 36.8 Å². The lowest BCUT2D eigenvalue weighted by Gasteiger charge is -2.10. The van der Waals surface area contributed by atoms with Gasteiger partial charge in [0.1, 0.15) is 11.8 Å². The molecular formula is C15H16ClN3OS. The van der Waals surface area contributed by atoms with Crippen molar-refractivity contribution in [2.45, 2.75) is 19.6 Å². The van der Waals surface area contributed by atoms with Gasteiger partial charge in [-0.15, -0.1) is 11.3 Å². The molecule has 2 N–H and O–H groups in total. The van der Waals surface area contributed by atoms with Gasteiger partial charge in [-0.1, -0.05) is 11.6 Å². The van der Waals surface area contributed by atoms with Crippen molar-refractivity contribution in [1.82, 2.24) is 14.7 Å². The Bertz CT molecular complexity index is 752. The summed E-state index contributed by atoms with van der Waals surface area (Å²) in [6.07, 6.45) is 3.34. The number of fused-ring (bicyclic) bond motifs is 1. The molecule has 0 amide bonds. The number of imidazole rings is 1. The lowest BCUT2D eigenvalue weighted by molar-refractivity contribution is 0.178. The van der Waals surface area contributed by atoms with Crippen LogP contribution in [0.4, 0.5) is 0 Å². The second-order valence-corrected chi connectivity index (χ2v) is 6.72. The van der Waals surface area contributed by atoms with E-state index >= 15 is 0 Å². The van der Waals surface area contributed by atoms with Crippen LogP contribution in [0.5, 0.6) is 0 Å². The molecule has 0 aliphatic carbocycles. The van der Waals surface area contributed by atoms with Crippen LogP contribution in [0.15, 0.2) is 36.7 Å². The fraction of sp³-hybridized carbons (Fsp3) is 0.267. The van der Waals surface area contributed by atoms with Crippen molar-refractivity contribution in [2.75, 3.05) is 6.54 Å². The number of nitrogens with one attached hydrogen (secondary N) is 1. The first kappa shape index (κ1) is 14.5. The monoisotopic (exact) mass is 321 g/mol. The Hall–Kier alpha value is -1.40. The Morgan fingerprint density at radius 3 is 3.05 bits per heavy atom. The molecule has 110 valence electrons. The number of rotatable bonds is 5. The normalized spacial score (nSPS) is 12.9. The van der Waals surface area contributed by atoms with Crippen molar-refractivity contribution in [3.8, 4) is 0 Å². The molecule has 0 spiro atoms. The van der Waals surface area contributed by atoms with Crippen molar-refractivity contribution >= 4 is 28.6 Å². The fourth-order valence-corrected chi connectivity index (χ4v) is 3.26. The van der Waals surface area contributed by atoms with Crippen LogP contribution in [0.3, 0.4) is 0 Å². The van der Waals surface area contributed by atoms with Gasteiger partial charge in [-0.2, -0.15) is 0 Å². The summed E-state index contributed by atoms with van der Waals surface area (Å²) in [4.78, 5) is 5.26. The third-order valence-corrected chi connectivity index (χ3v) is 4.64. The van der Waals surface area contributed by atoms with Crippen LogP contribution in [-0.2, 0) is 6.54 Å². The van der Waals surface area contributed by atoms with Gasteiger partial charge in [-0.3, -0.25) is 0 Å². The molecule has 0 saturated heterocycles. The summed E-state index contributed by atoms with van der Waals surface area (Å²) in [6.45, 7) is 3.19. The Morgan fingerprint density at radius 2 is 2.29 bits per heavy atom. The van der Waals surface area contributed by atoms with Gasteiger partial charge >= 0.3 is 0 Å². The van der Waals surface area contributed by atoms with Crippen molar-refractivity contribution in [3.05, 3.63) is 57.1 Å². The van der Waals surface area contributed by atoms with E-state index in [1.165, 1.54) is 16.9 Å². The van der Waals surface area contributed by atoms with E-state index in [0.29, 0.717) is 17.4 Å². The van der Waals surface area contributed by atoms with Crippen molar-refractivity contribution < 1.29 is 5.11 Å². The van der Waals surface area contributed by atoms with E-state index in [1.807, 2.05) is 28.9 Å². The summed E-state index contributed by atoms with van der Waals surface area (Å²) in [5.74, 6) is 0. The molecule has 0 aliphatic heterocycles. The minimum atomic E-state index is -0.538. The molecule has 3 rings (SSSR count). The van der Waals surface area contributed by atoms with Gasteiger partial charge in [0.25, 0.3) is 0 Å². The Balaban J connectivity index is 1.62. The van der Waals surface area contributed by atoms with E-state index in [1.54, 1.807) is 6.07 Å². The zero-order chi connectivity index (χ0) is 14.8. The second-order valence-electron chi connectivity index (χ2n) is 4.97. The molecular weight excluding hydrogens is 306 g/mol. The minimum absolute atomic E-state index is 0.482. The summed E-state index contributed by atoms with van der Waals surface area (Å²) in [6, 6.07) is 7.76. The SMILES string of the molecule is Cc1ccn2c(CNCC(O)c3ccc(Cl)s3)cnc2c1. The van der Waals surface area contributed by atoms with Crippen molar-refractivity contribution in [3.63, 3.8) is 0 Å². The molecule has 0 fully saturated rings. The quantitative estimate of drug-likeness (QED) is 0.759. The first-order valence-electron chi connectivity index (χ1n) is 6.70. The highest BCUT2D eigenvalue weighted by atomic mass is 35.5. The van der Waals surface area contributed by atoms with Crippen LogP contribution >= 0.6 is 22.9 Å². The summed E-state index contributed by atoms with van der Waals surface area (Å²) < 4.78 is 2.75. The largest absolute Gasteiger partial charge is 0.386 e. The maximum atomic E-state index is 10.1. The number of hydrogen-bond acceptors (Lipinski definition) is 4. The van der Waals surface area contributed by atoms with Crippen LogP contribution in [0.1, 0.15) is 22.2 Å². The molecule has 0 aromatic carbocycles. The van der Waals surface area contributed by atoms with Crippen molar-refractivity contribution in [2.24, 2.45) is 0 Å². The number of halogens is 1. The molecule has 1 unspecified atom stereocenters. The van der Waals surface area contributed by atoms with Gasteiger partial charge in [0.2, 0.25) is 0 Å². The molecule has 6 heteroatoms. The minimum Gasteiger partial charge on any atom is -0.386 e. The van der Waals surface area contributed by atoms with E-state index in [4.69, 9.17) is 11.6 Å². The molecule has 0 saturated carbocycles. The Labute approximate surface area is 132 Å². The van der Waals surface area contributed by atoms with Crippen LogP contribution in [0.25, 0.3) is 5.65 Å². The van der Waals surface area contributed by atoms with E-state index in [2.05, 4.69) is 23.3 Å². The van der Waals surface area contributed by atoms with Gasteiger partial charge in [0.05, 0.1) is 16.2 Å². The number of pyridine rings is 1. The van der Waals surface area contributed by atoms with Crippen LogP contribution in [0, 0.1) is 6.92 Å². The third-order valence-electron chi connectivity index (χ3n) is 3.31.